The topological polar surface area (TPSA) is 26.3 Å². The van der Waals surface area contributed by atoms with Crippen LogP contribution >= 0.6 is 0 Å². The van der Waals surface area contributed by atoms with Gasteiger partial charge in [-0.2, -0.15) is 0 Å². The van der Waals surface area contributed by atoms with Gasteiger partial charge in [0.05, 0.1) is 12.7 Å². The summed E-state index contributed by atoms with van der Waals surface area (Å²) in [6.07, 6.45) is 6.90. The fraction of sp³-hybridized carbons (Fsp3) is 0.875. The molecule has 1 fully saturated rings. The van der Waals surface area contributed by atoms with Crippen LogP contribution in [-0.4, -0.2) is 19.0 Å². The van der Waals surface area contributed by atoms with Gasteiger partial charge in [-0.3, -0.25) is 0 Å². The maximum absolute atomic E-state index is 9.90. The molecule has 0 heterocycles. The summed E-state index contributed by atoms with van der Waals surface area (Å²) in [6.45, 7) is 0.619. The van der Waals surface area contributed by atoms with Crippen molar-refractivity contribution in [1.82, 2.24) is 0 Å². The molecule has 58 valence electrons. The summed E-state index contributed by atoms with van der Waals surface area (Å²) in [7, 11) is 0. The van der Waals surface area contributed by atoms with E-state index in [0.29, 0.717) is 19.1 Å². The molecule has 2 nitrogen and oxygen atoms in total. The minimum Gasteiger partial charge on any atom is -0.378 e. The van der Waals surface area contributed by atoms with Gasteiger partial charge in [0.1, 0.15) is 6.29 Å². The van der Waals surface area contributed by atoms with Gasteiger partial charge in [-0.1, -0.05) is 12.8 Å². The van der Waals surface area contributed by atoms with E-state index in [-0.39, 0.29) is 0 Å². The van der Waals surface area contributed by atoms with Crippen molar-refractivity contribution in [2.75, 3.05) is 6.61 Å². The van der Waals surface area contributed by atoms with Gasteiger partial charge in [0.2, 0.25) is 0 Å². The van der Waals surface area contributed by atoms with Gasteiger partial charge in [-0.05, 0) is 12.8 Å². The highest BCUT2D eigenvalue weighted by Crippen LogP contribution is 2.20. The molecule has 0 bridgehead atoms. The van der Waals surface area contributed by atoms with E-state index in [9.17, 15) is 4.79 Å². The van der Waals surface area contributed by atoms with Crippen molar-refractivity contribution < 1.29 is 9.53 Å². The minimum atomic E-state index is 0.458. The molecule has 2 heteroatoms. The minimum absolute atomic E-state index is 0.458. The molecule has 0 spiro atoms. The first kappa shape index (κ1) is 7.73. The van der Waals surface area contributed by atoms with E-state index in [0.717, 1.165) is 6.29 Å². The van der Waals surface area contributed by atoms with E-state index in [1.165, 1.54) is 25.7 Å². The van der Waals surface area contributed by atoms with Crippen molar-refractivity contribution in [2.45, 2.75) is 38.2 Å². The van der Waals surface area contributed by atoms with Gasteiger partial charge in [0.25, 0.3) is 0 Å². The summed E-state index contributed by atoms with van der Waals surface area (Å²) >= 11 is 0. The first-order valence-electron chi connectivity index (χ1n) is 3.98. The quantitative estimate of drug-likeness (QED) is 0.439. The molecule has 0 atom stereocenters. The van der Waals surface area contributed by atoms with E-state index in [4.69, 9.17) is 4.74 Å². The van der Waals surface area contributed by atoms with Crippen LogP contribution in [0.4, 0.5) is 0 Å². The predicted molar refractivity (Wildman–Crippen MR) is 38.9 cm³/mol. The molecule has 1 aliphatic carbocycles. The molecule has 0 N–H and O–H groups in total. The molecule has 0 radical (unpaired) electrons. The highest BCUT2D eigenvalue weighted by Gasteiger charge is 2.14. The highest BCUT2D eigenvalue weighted by atomic mass is 16.5. The lowest BCUT2D eigenvalue weighted by Gasteiger charge is -2.08. The van der Waals surface area contributed by atoms with Crippen molar-refractivity contribution in [2.24, 2.45) is 0 Å². The molecule has 0 aliphatic heterocycles. The maximum Gasteiger partial charge on any atom is 0.122 e. The molecule has 10 heavy (non-hydrogen) atoms. The normalized spacial score (nSPS) is 19.6. The van der Waals surface area contributed by atoms with Crippen LogP contribution in [0.25, 0.3) is 0 Å². The van der Waals surface area contributed by atoms with Crippen LogP contribution in [0.1, 0.15) is 32.1 Å². The van der Waals surface area contributed by atoms with Crippen LogP contribution < -0.4 is 0 Å². The Labute approximate surface area is 61.6 Å². The van der Waals surface area contributed by atoms with Crippen LogP contribution in [0, 0.1) is 0 Å². The zero-order valence-corrected chi connectivity index (χ0v) is 6.21. The molecule has 0 aromatic heterocycles. The molecule has 0 saturated heterocycles. The van der Waals surface area contributed by atoms with Crippen molar-refractivity contribution in [3.8, 4) is 0 Å². The Kier molecular flexibility index (Phi) is 3.44. The third-order valence-electron chi connectivity index (χ3n) is 1.89. The summed E-state index contributed by atoms with van der Waals surface area (Å²) in [6, 6.07) is 0. The lowest BCUT2D eigenvalue weighted by atomic mass is 10.3. The monoisotopic (exact) mass is 142 g/mol. The van der Waals surface area contributed by atoms with Gasteiger partial charge >= 0.3 is 0 Å². The van der Waals surface area contributed by atoms with E-state index >= 15 is 0 Å². The van der Waals surface area contributed by atoms with Gasteiger partial charge in [0.15, 0.2) is 0 Å². The highest BCUT2D eigenvalue weighted by molar-refractivity contribution is 5.49. The molecule has 0 aromatic rings. The Hall–Kier alpha value is -0.370. The van der Waals surface area contributed by atoms with E-state index < -0.39 is 0 Å². The van der Waals surface area contributed by atoms with Crippen LogP contribution in [0.15, 0.2) is 0 Å². The average molecular weight is 142 g/mol. The van der Waals surface area contributed by atoms with Gasteiger partial charge in [-0.25, -0.2) is 0 Å². The summed E-state index contributed by atoms with van der Waals surface area (Å²) in [4.78, 5) is 9.90. The summed E-state index contributed by atoms with van der Waals surface area (Å²) in [5, 5.41) is 0. The average Bonchev–Trinajstić information content (AvgIpc) is 2.41. The summed E-state index contributed by atoms with van der Waals surface area (Å²) in [5.74, 6) is 0. The van der Waals surface area contributed by atoms with Crippen molar-refractivity contribution in [3.05, 3.63) is 0 Å². The van der Waals surface area contributed by atoms with Gasteiger partial charge < -0.3 is 9.53 Å². The SMILES string of the molecule is O=CCCOC1CCCC1. The molecule has 1 rings (SSSR count). The second-order valence-corrected chi connectivity index (χ2v) is 2.73. The van der Waals surface area contributed by atoms with E-state index in [2.05, 4.69) is 0 Å². The first-order valence-corrected chi connectivity index (χ1v) is 3.98. The fourth-order valence-electron chi connectivity index (χ4n) is 1.34. The van der Waals surface area contributed by atoms with E-state index in [1.54, 1.807) is 0 Å². The Morgan fingerprint density at radius 1 is 1.40 bits per heavy atom. The first-order chi connectivity index (χ1) is 4.93. The largest absolute Gasteiger partial charge is 0.378 e. The lowest BCUT2D eigenvalue weighted by molar-refractivity contribution is -0.109. The van der Waals surface area contributed by atoms with Crippen LogP contribution in [0.3, 0.4) is 0 Å². The molecule has 0 unspecified atom stereocenters. The number of hydrogen-bond acceptors (Lipinski definition) is 2. The van der Waals surface area contributed by atoms with Crippen molar-refractivity contribution in [1.29, 1.82) is 0 Å². The molecule has 1 saturated carbocycles. The third-order valence-corrected chi connectivity index (χ3v) is 1.89. The Morgan fingerprint density at radius 3 is 2.70 bits per heavy atom. The van der Waals surface area contributed by atoms with Crippen molar-refractivity contribution in [3.63, 3.8) is 0 Å². The van der Waals surface area contributed by atoms with Crippen LogP contribution in [0.2, 0.25) is 0 Å². The second-order valence-electron chi connectivity index (χ2n) is 2.73. The molecule has 1 aliphatic rings. The zero-order chi connectivity index (χ0) is 7.23. The number of carbonyl (C=O) groups is 1. The summed E-state index contributed by atoms with van der Waals surface area (Å²) in [5.41, 5.74) is 0. The number of hydrogen-bond donors (Lipinski definition) is 0. The smallest absolute Gasteiger partial charge is 0.122 e. The fourth-order valence-corrected chi connectivity index (χ4v) is 1.34. The van der Waals surface area contributed by atoms with Gasteiger partial charge in [-0.15, -0.1) is 0 Å². The molecular formula is C8H14O2. The Balaban J connectivity index is 1.96. The number of ether oxygens (including phenoxy) is 1. The van der Waals surface area contributed by atoms with Gasteiger partial charge in [0, 0.05) is 6.42 Å². The van der Waals surface area contributed by atoms with Crippen LogP contribution in [-0.2, 0) is 9.53 Å². The number of carbonyl (C=O) groups excluding carboxylic acids is 1. The molecule has 0 amide bonds. The van der Waals surface area contributed by atoms with E-state index in [1.807, 2.05) is 0 Å². The molecule has 0 aromatic carbocycles. The number of rotatable bonds is 4. The summed E-state index contributed by atoms with van der Waals surface area (Å²) < 4.78 is 5.41. The standard InChI is InChI=1S/C8H14O2/c9-6-3-7-10-8-4-1-2-5-8/h6,8H,1-5,7H2. The Bertz CT molecular complexity index is 95.4. The molecular weight excluding hydrogens is 128 g/mol. The van der Waals surface area contributed by atoms with Crippen LogP contribution in [0.5, 0.6) is 0 Å². The number of aldehydes is 1. The Morgan fingerprint density at radius 2 is 2.10 bits per heavy atom. The maximum atomic E-state index is 9.90. The lowest BCUT2D eigenvalue weighted by Crippen LogP contribution is -2.08. The second kappa shape index (κ2) is 4.45. The predicted octanol–water partition coefficient (Wildman–Crippen LogP) is 1.53. The third kappa shape index (κ3) is 2.48. The van der Waals surface area contributed by atoms with Crippen molar-refractivity contribution >= 4 is 6.29 Å². The zero-order valence-electron chi connectivity index (χ0n) is 6.21.